The number of alkyl halides is 1. The predicted octanol–water partition coefficient (Wildman–Crippen LogP) is 4.23. The fraction of sp³-hybridized carbons (Fsp3) is 0.176. The Bertz CT molecular complexity index is 688. The lowest BCUT2D eigenvalue weighted by Gasteiger charge is -2.05. The van der Waals surface area contributed by atoms with E-state index in [1.165, 1.54) is 0 Å². The number of rotatable bonds is 4. The van der Waals surface area contributed by atoms with E-state index in [4.69, 9.17) is 0 Å². The summed E-state index contributed by atoms with van der Waals surface area (Å²) in [6.45, 7) is 0. The molecular formula is C17H15BrNOS2+. The first-order valence-electron chi connectivity index (χ1n) is 6.95. The molecule has 1 aliphatic rings. The summed E-state index contributed by atoms with van der Waals surface area (Å²) in [5, 5.41) is 1.46. The van der Waals surface area contributed by atoms with Gasteiger partial charge in [-0.2, -0.15) is 4.57 Å². The molecule has 1 aromatic heterocycles. The number of hydrogen-bond donors (Lipinski definition) is 0. The van der Waals surface area contributed by atoms with Gasteiger partial charge < -0.3 is 0 Å². The van der Waals surface area contributed by atoms with Crippen molar-refractivity contribution in [2.45, 2.75) is 5.25 Å². The van der Waals surface area contributed by atoms with Gasteiger partial charge in [0.2, 0.25) is 0 Å². The zero-order valence-corrected chi connectivity index (χ0v) is 15.0. The van der Waals surface area contributed by atoms with E-state index in [2.05, 4.69) is 15.9 Å². The Morgan fingerprint density at radius 1 is 1.14 bits per heavy atom. The molecule has 0 N–H and O–H groups in total. The first-order chi connectivity index (χ1) is 10.8. The molecule has 22 heavy (non-hydrogen) atoms. The first kappa shape index (κ1) is 15.8. The molecule has 0 amide bonds. The third-order valence-electron chi connectivity index (χ3n) is 3.26. The Morgan fingerprint density at radius 2 is 1.82 bits per heavy atom. The highest BCUT2D eigenvalue weighted by molar-refractivity contribution is 9.09. The van der Waals surface area contributed by atoms with E-state index in [9.17, 15) is 4.79 Å². The lowest BCUT2D eigenvalue weighted by atomic mass is 10.1. The molecule has 1 unspecified atom stereocenters. The monoisotopic (exact) mass is 392 g/mol. The lowest BCUT2D eigenvalue weighted by molar-refractivity contribution is -0.576. The summed E-state index contributed by atoms with van der Waals surface area (Å²) >= 11 is 7.11. The molecule has 0 spiro atoms. The molecule has 3 rings (SSSR count). The van der Waals surface area contributed by atoms with E-state index in [-0.39, 0.29) is 5.78 Å². The van der Waals surface area contributed by atoms with Crippen LogP contribution in [0.5, 0.6) is 0 Å². The van der Waals surface area contributed by atoms with Crippen molar-refractivity contribution in [3.8, 4) is 0 Å². The van der Waals surface area contributed by atoms with E-state index < -0.39 is 0 Å². The second kappa shape index (κ2) is 7.49. The predicted molar refractivity (Wildman–Crippen MR) is 98.3 cm³/mol. The minimum absolute atomic E-state index is 0.0713. The van der Waals surface area contributed by atoms with Crippen LogP contribution in [0.25, 0.3) is 5.70 Å². The zero-order chi connectivity index (χ0) is 15.4. The van der Waals surface area contributed by atoms with Crippen LogP contribution in [-0.2, 0) is 0 Å². The Labute approximate surface area is 147 Å². The van der Waals surface area contributed by atoms with Crippen molar-refractivity contribution in [1.29, 1.82) is 0 Å². The lowest BCUT2D eigenvalue weighted by Crippen LogP contribution is -2.36. The minimum atomic E-state index is 0.0713. The number of carbonyl (C=O) groups excluding carboxylic acids is 1. The highest BCUT2D eigenvalue weighted by Crippen LogP contribution is 2.44. The molecule has 0 radical (unpaired) electrons. The molecule has 5 heteroatoms. The molecule has 1 fully saturated rings. The minimum Gasteiger partial charge on any atom is -0.282 e. The average molecular weight is 393 g/mol. The van der Waals surface area contributed by atoms with E-state index in [0.717, 1.165) is 26.6 Å². The van der Waals surface area contributed by atoms with Crippen LogP contribution in [-0.4, -0.2) is 22.1 Å². The molecule has 1 atom stereocenters. The number of carbonyl (C=O) groups is 1. The van der Waals surface area contributed by atoms with Gasteiger partial charge in [0.15, 0.2) is 12.4 Å². The summed E-state index contributed by atoms with van der Waals surface area (Å²) in [5.41, 5.74) is 1.48. The molecule has 112 valence electrons. The molecule has 2 heterocycles. The smallest absolute Gasteiger partial charge is 0.279 e. The van der Waals surface area contributed by atoms with Crippen LogP contribution in [0, 0.1) is 0 Å². The molecular weight excluding hydrogens is 378 g/mol. The zero-order valence-electron chi connectivity index (χ0n) is 11.8. The third-order valence-corrected chi connectivity index (χ3v) is 7.43. The Morgan fingerprint density at radius 3 is 2.45 bits per heavy atom. The standard InChI is InChI=1S/C17H15BrNOS2/c18-11-14-12-21-17(22-14)15(19-9-5-2-6-10-19)16(20)13-7-3-1-4-8-13/h1-10,14H,11-12H2/q+1/b17-15-. The molecule has 0 aliphatic carbocycles. The molecule has 0 saturated carbocycles. The van der Waals surface area contributed by atoms with Crippen LogP contribution in [0.15, 0.2) is 65.2 Å². The summed E-state index contributed by atoms with van der Waals surface area (Å²) in [4.78, 5) is 13.0. The van der Waals surface area contributed by atoms with Crippen LogP contribution in [0.4, 0.5) is 0 Å². The largest absolute Gasteiger partial charge is 0.282 e. The first-order valence-corrected chi connectivity index (χ1v) is 9.94. The number of pyridine rings is 1. The summed E-state index contributed by atoms with van der Waals surface area (Å²) < 4.78 is 3.04. The summed E-state index contributed by atoms with van der Waals surface area (Å²) in [7, 11) is 0. The Hall–Kier alpha value is -1.04. The maximum absolute atomic E-state index is 13.0. The topological polar surface area (TPSA) is 20.9 Å². The van der Waals surface area contributed by atoms with Crippen molar-refractivity contribution in [2.75, 3.05) is 11.1 Å². The van der Waals surface area contributed by atoms with Crippen molar-refractivity contribution < 1.29 is 9.36 Å². The molecule has 2 nitrogen and oxygen atoms in total. The van der Waals surface area contributed by atoms with Crippen molar-refractivity contribution in [3.05, 3.63) is 70.7 Å². The third kappa shape index (κ3) is 3.47. The summed E-state index contributed by atoms with van der Waals surface area (Å²) in [6.07, 6.45) is 3.87. The molecule has 2 aromatic rings. The van der Waals surface area contributed by atoms with Gasteiger partial charge in [-0.25, -0.2) is 0 Å². The van der Waals surface area contributed by atoms with E-state index in [1.807, 2.05) is 65.5 Å². The van der Waals surface area contributed by atoms with Gasteiger partial charge in [-0.3, -0.25) is 4.79 Å². The fourth-order valence-corrected chi connectivity index (χ4v) is 5.93. The van der Waals surface area contributed by atoms with Crippen LogP contribution >= 0.6 is 39.5 Å². The quantitative estimate of drug-likeness (QED) is 0.336. The van der Waals surface area contributed by atoms with E-state index in [1.54, 1.807) is 23.5 Å². The number of thioether (sulfide) groups is 2. The van der Waals surface area contributed by atoms with Crippen LogP contribution in [0.3, 0.4) is 0 Å². The number of nitrogens with zero attached hydrogens (tertiary/aromatic N) is 1. The van der Waals surface area contributed by atoms with Gasteiger partial charge in [-0.05, 0) is 0 Å². The van der Waals surface area contributed by atoms with Crippen LogP contribution < -0.4 is 4.57 Å². The van der Waals surface area contributed by atoms with Gasteiger partial charge in [0.1, 0.15) is 4.24 Å². The highest BCUT2D eigenvalue weighted by Gasteiger charge is 2.32. The van der Waals surface area contributed by atoms with Crippen molar-refractivity contribution >= 4 is 50.9 Å². The maximum atomic E-state index is 13.0. The van der Waals surface area contributed by atoms with Gasteiger partial charge in [0.25, 0.3) is 11.5 Å². The van der Waals surface area contributed by atoms with Gasteiger partial charge >= 0.3 is 0 Å². The van der Waals surface area contributed by atoms with E-state index >= 15 is 0 Å². The van der Waals surface area contributed by atoms with Gasteiger partial charge in [0, 0.05) is 34.0 Å². The number of ketones is 1. The molecule has 1 aromatic carbocycles. The normalized spacial score (nSPS) is 20.0. The van der Waals surface area contributed by atoms with Gasteiger partial charge in [-0.1, -0.05) is 52.3 Å². The average Bonchev–Trinajstić information content (AvgIpc) is 3.05. The number of allylic oxidation sites excluding steroid dienone is 1. The second-order valence-corrected chi connectivity index (χ2v) is 8.07. The Kier molecular flexibility index (Phi) is 5.39. The number of benzene rings is 1. The summed E-state index contributed by atoms with van der Waals surface area (Å²) in [5.74, 6) is 1.10. The number of Topliss-reactive ketones (excluding diaryl/α,β-unsaturated/α-hetero) is 1. The number of hydrogen-bond acceptors (Lipinski definition) is 3. The highest BCUT2D eigenvalue weighted by atomic mass is 79.9. The maximum Gasteiger partial charge on any atom is 0.279 e. The van der Waals surface area contributed by atoms with Gasteiger partial charge in [-0.15, -0.1) is 23.5 Å². The van der Waals surface area contributed by atoms with Crippen LogP contribution in [0.1, 0.15) is 10.4 Å². The fourth-order valence-electron chi connectivity index (χ4n) is 2.18. The van der Waals surface area contributed by atoms with Crippen LogP contribution in [0.2, 0.25) is 0 Å². The van der Waals surface area contributed by atoms with Crippen molar-refractivity contribution in [1.82, 2.24) is 0 Å². The molecule has 0 bridgehead atoms. The molecule has 1 aliphatic heterocycles. The van der Waals surface area contributed by atoms with Crippen molar-refractivity contribution in [3.63, 3.8) is 0 Å². The van der Waals surface area contributed by atoms with Gasteiger partial charge in [0.05, 0.1) is 0 Å². The second-order valence-electron chi connectivity index (χ2n) is 4.82. The Balaban J connectivity index is 2.05. The molecule has 1 saturated heterocycles. The summed E-state index contributed by atoms with van der Waals surface area (Å²) in [6, 6.07) is 15.3. The number of halogens is 1. The van der Waals surface area contributed by atoms with Crippen molar-refractivity contribution in [2.24, 2.45) is 0 Å². The SMILES string of the molecule is O=C(/C(=C1\SCC(CBr)S1)[n+]1ccccc1)c1ccccc1. The number of aromatic nitrogens is 1. The van der Waals surface area contributed by atoms with E-state index in [0.29, 0.717) is 5.25 Å².